The summed E-state index contributed by atoms with van der Waals surface area (Å²) in [5, 5.41) is 8.07. The first kappa shape index (κ1) is 22.2. The van der Waals surface area contributed by atoms with E-state index in [0.29, 0.717) is 5.82 Å². The number of anilines is 2. The molecular formula is C22H29N7O2S. The minimum atomic E-state index is -3.42. The van der Waals surface area contributed by atoms with Crippen molar-refractivity contribution in [3.8, 4) is 5.69 Å². The average molecular weight is 456 g/mol. The van der Waals surface area contributed by atoms with Gasteiger partial charge >= 0.3 is 0 Å². The Morgan fingerprint density at radius 2 is 1.81 bits per heavy atom. The van der Waals surface area contributed by atoms with E-state index in [9.17, 15) is 8.42 Å². The van der Waals surface area contributed by atoms with Crippen molar-refractivity contribution < 1.29 is 8.42 Å². The summed E-state index contributed by atoms with van der Waals surface area (Å²) in [7, 11) is -3.42. The minimum Gasteiger partial charge on any atom is -0.355 e. The molecule has 0 saturated carbocycles. The number of para-hydroxylation sites is 1. The van der Waals surface area contributed by atoms with E-state index in [2.05, 4.69) is 29.8 Å². The Morgan fingerprint density at radius 1 is 1.00 bits per heavy atom. The second-order valence-electron chi connectivity index (χ2n) is 8.18. The van der Waals surface area contributed by atoms with Gasteiger partial charge in [-0.2, -0.15) is 0 Å². The van der Waals surface area contributed by atoms with E-state index in [0.717, 1.165) is 56.3 Å². The lowest BCUT2D eigenvalue weighted by Gasteiger charge is -2.23. The van der Waals surface area contributed by atoms with Crippen LogP contribution in [0.2, 0.25) is 0 Å². The Hall–Kier alpha value is -2.98. The average Bonchev–Trinajstić information content (AvgIpc) is 3.12. The van der Waals surface area contributed by atoms with Gasteiger partial charge < -0.3 is 4.90 Å². The molecule has 1 saturated heterocycles. The van der Waals surface area contributed by atoms with Gasteiger partial charge in [0.2, 0.25) is 10.0 Å². The van der Waals surface area contributed by atoms with Crippen molar-refractivity contribution in [3.63, 3.8) is 0 Å². The number of nitrogens with zero attached hydrogens (tertiary/aromatic N) is 6. The van der Waals surface area contributed by atoms with Crippen molar-refractivity contribution in [2.45, 2.75) is 32.1 Å². The van der Waals surface area contributed by atoms with Crippen LogP contribution >= 0.6 is 0 Å². The molecule has 0 bridgehead atoms. The van der Waals surface area contributed by atoms with Gasteiger partial charge in [-0.15, -0.1) is 5.10 Å². The maximum Gasteiger partial charge on any atom is 0.236 e. The maximum absolute atomic E-state index is 12.2. The summed E-state index contributed by atoms with van der Waals surface area (Å²) in [5.41, 5.74) is 1.93. The fourth-order valence-electron chi connectivity index (χ4n) is 3.58. The maximum atomic E-state index is 12.2. The van der Waals surface area contributed by atoms with Crippen LogP contribution in [0.25, 0.3) is 5.69 Å². The Kier molecular flexibility index (Phi) is 6.71. The Balaban J connectivity index is 1.38. The molecular weight excluding hydrogens is 426 g/mol. The van der Waals surface area contributed by atoms with Crippen molar-refractivity contribution in [2.24, 2.45) is 0 Å². The number of rotatable bonds is 7. The highest BCUT2D eigenvalue weighted by Gasteiger charge is 2.19. The molecule has 1 aromatic carbocycles. The van der Waals surface area contributed by atoms with E-state index in [1.165, 1.54) is 0 Å². The summed E-state index contributed by atoms with van der Waals surface area (Å²) in [6, 6.07) is 15.4. The molecule has 1 aliphatic heterocycles. The van der Waals surface area contributed by atoms with E-state index in [1.54, 1.807) is 24.6 Å². The zero-order valence-electron chi connectivity index (χ0n) is 18.4. The molecule has 1 fully saturated rings. The molecule has 0 unspecified atom stereocenters. The number of sulfonamides is 1. The van der Waals surface area contributed by atoms with E-state index < -0.39 is 15.3 Å². The van der Waals surface area contributed by atoms with Gasteiger partial charge in [0.1, 0.15) is 11.6 Å². The highest BCUT2D eigenvalue weighted by atomic mass is 32.2. The molecule has 1 N–H and O–H groups in total. The first-order valence-electron chi connectivity index (χ1n) is 10.8. The predicted octanol–water partition coefficient (Wildman–Crippen LogP) is 2.52. The molecule has 0 radical (unpaired) electrons. The Labute approximate surface area is 189 Å². The van der Waals surface area contributed by atoms with Gasteiger partial charge in [0, 0.05) is 32.7 Å². The lowest BCUT2D eigenvalue weighted by atomic mass is 10.3. The summed E-state index contributed by atoms with van der Waals surface area (Å²) in [4.78, 5) is 9.11. The zero-order valence-corrected chi connectivity index (χ0v) is 19.2. The highest BCUT2D eigenvalue weighted by molar-refractivity contribution is 7.93. The van der Waals surface area contributed by atoms with E-state index in [1.807, 2.05) is 48.7 Å². The van der Waals surface area contributed by atoms with Crippen molar-refractivity contribution in [1.29, 1.82) is 0 Å². The largest absolute Gasteiger partial charge is 0.355 e. The number of pyridine rings is 1. The van der Waals surface area contributed by atoms with Gasteiger partial charge in [-0.05, 0) is 44.5 Å². The third-order valence-corrected chi connectivity index (χ3v) is 7.20. The molecule has 3 aromatic rings. The standard InChI is InChI=1S/C22H29N7O2S/c1-18(2)32(30,31)25-21-10-6-11-22(23-21)28-13-7-12-27(14-15-28)16-19-17-29(26-24-19)20-8-4-3-5-9-20/h3-6,8-11,17-18H,7,12-16H2,1-2H3,(H,23,25). The number of benzene rings is 1. The Morgan fingerprint density at radius 3 is 2.59 bits per heavy atom. The summed E-state index contributed by atoms with van der Waals surface area (Å²) in [6.45, 7) is 7.52. The number of hydrogen-bond donors (Lipinski definition) is 1. The summed E-state index contributed by atoms with van der Waals surface area (Å²) in [6.07, 6.45) is 2.96. The van der Waals surface area contributed by atoms with Crippen LogP contribution in [0, 0.1) is 0 Å². The number of aromatic nitrogens is 4. The van der Waals surface area contributed by atoms with E-state index >= 15 is 0 Å². The fourth-order valence-corrected chi connectivity index (χ4v) is 4.23. The van der Waals surface area contributed by atoms with E-state index in [-0.39, 0.29) is 0 Å². The number of hydrogen-bond acceptors (Lipinski definition) is 7. The van der Waals surface area contributed by atoms with Crippen molar-refractivity contribution in [3.05, 3.63) is 60.4 Å². The van der Waals surface area contributed by atoms with Gasteiger partial charge in [0.15, 0.2) is 0 Å². The smallest absolute Gasteiger partial charge is 0.236 e. The van der Waals surface area contributed by atoms with Crippen LogP contribution in [-0.4, -0.2) is 64.7 Å². The van der Waals surface area contributed by atoms with Crippen molar-refractivity contribution >= 4 is 21.7 Å². The molecule has 4 rings (SSSR count). The van der Waals surface area contributed by atoms with Crippen LogP contribution in [0.1, 0.15) is 26.0 Å². The molecule has 0 amide bonds. The highest BCUT2D eigenvalue weighted by Crippen LogP contribution is 2.19. The summed E-state index contributed by atoms with van der Waals surface area (Å²) >= 11 is 0. The van der Waals surface area contributed by atoms with Gasteiger partial charge in [0.05, 0.1) is 22.8 Å². The second-order valence-corrected chi connectivity index (χ2v) is 10.4. The van der Waals surface area contributed by atoms with Gasteiger partial charge in [-0.1, -0.05) is 29.5 Å². The van der Waals surface area contributed by atoms with Crippen LogP contribution in [-0.2, 0) is 16.6 Å². The van der Waals surface area contributed by atoms with Crippen LogP contribution in [0.15, 0.2) is 54.7 Å². The molecule has 0 atom stereocenters. The normalized spacial score (nSPS) is 15.7. The molecule has 170 valence electrons. The molecule has 2 aromatic heterocycles. The van der Waals surface area contributed by atoms with Crippen molar-refractivity contribution in [1.82, 2.24) is 24.9 Å². The molecule has 3 heterocycles. The van der Waals surface area contributed by atoms with E-state index in [4.69, 9.17) is 0 Å². The molecule has 32 heavy (non-hydrogen) atoms. The quantitative estimate of drug-likeness (QED) is 0.585. The molecule has 1 aliphatic rings. The monoisotopic (exact) mass is 455 g/mol. The molecule has 9 nitrogen and oxygen atoms in total. The molecule has 10 heteroatoms. The van der Waals surface area contributed by atoms with Gasteiger partial charge in [-0.25, -0.2) is 18.1 Å². The van der Waals surface area contributed by atoms with Crippen molar-refractivity contribution in [2.75, 3.05) is 35.8 Å². The predicted molar refractivity (Wildman–Crippen MR) is 125 cm³/mol. The fraction of sp³-hybridized carbons (Fsp3) is 0.409. The van der Waals surface area contributed by atoms with Crippen LogP contribution in [0.4, 0.5) is 11.6 Å². The summed E-state index contributed by atoms with van der Waals surface area (Å²) in [5.74, 6) is 1.14. The SMILES string of the molecule is CC(C)S(=O)(=O)Nc1cccc(N2CCCN(Cc3cn(-c4ccccc4)nn3)CC2)n1. The lowest BCUT2D eigenvalue weighted by Crippen LogP contribution is -2.31. The zero-order chi connectivity index (χ0) is 22.6. The topological polar surface area (TPSA) is 96.2 Å². The van der Waals surface area contributed by atoms with Crippen LogP contribution < -0.4 is 9.62 Å². The minimum absolute atomic E-state index is 0.356. The summed E-state index contributed by atoms with van der Waals surface area (Å²) < 4.78 is 28.7. The van der Waals surface area contributed by atoms with Crippen LogP contribution in [0.5, 0.6) is 0 Å². The van der Waals surface area contributed by atoms with Gasteiger partial charge in [-0.3, -0.25) is 9.62 Å². The second kappa shape index (κ2) is 9.66. The third kappa shape index (κ3) is 5.43. The van der Waals surface area contributed by atoms with Crippen LogP contribution in [0.3, 0.4) is 0 Å². The van der Waals surface area contributed by atoms with Gasteiger partial charge in [0.25, 0.3) is 0 Å². The lowest BCUT2D eigenvalue weighted by molar-refractivity contribution is 0.282. The Bertz CT molecular complexity index is 1130. The number of nitrogens with one attached hydrogen (secondary N) is 1. The first-order valence-corrected chi connectivity index (χ1v) is 12.4. The third-order valence-electron chi connectivity index (χ3n) is 5.46. The first-order chi connectivity index (χ1) is 15.4. The molecule has 0 spiro atoms. The molecule has 0 aliphatic carbocycles.